The zero-order valence-corrected chi connectivity index (χ0v) is 5.65. The highest BCUT2D eigenvalue weighted by Crippen LogP contribution is 2.00. The Morgan fingerprint density at radius 1 is 1.64 bits per heavy atom. The summed E-state index contributed by atoms with van der Waals surface area (Å²) in [5, 5.41) is 14.6. The van der Waals surface area contributed by atoms with Gasteiger partial charge in [0.15, 0.2) is 11.8 Å². The van der Waals surface area contributed by atoms with Crippen molar-refractivity contribution in [1.82, 2.24) is 15.2 Å². The number of aromatic amines is 1. The van der Waals surface area contributed by atoms with Crippen LogP contribution in [-0.4, -0.2) is 26.2 Å². The van der Waals surface area contributed by atoms with E-state index in [4.69, 9.17) is 16.6 Å². The van der Waals surface area contributed by atoms with E-state index in [0.717, 1.165) is 0 Å². The standard InChI is InChI=1S/C4H8N6O/c5-3(6)8-4-7-2(1-11)9-10-4/h11H,1H2,(H5,5,6,7,8,9,10). The Kier molecular flexibility index (Phi) is 2.02. The van der Waals surface area contributed by atoms with E-state index in [2.05, 4.69) is 20.2 Å². The fourth-order valence-electron chi connectivity index (χ4n) is 0.521. The number of nitrogens with one attached hydrogen (secondary N) is 1. The van der Waals surface area contributed by atoms with Gasteiger partial charge in [-0.1, -0.05) is 0 Å². The first-order chi connectivity index (χ1) is 5.22. The number of nitrogens with zero attached hydrogens (tertiary/aromatic N) is 3. The van der Waals surface area contributed by atoms with Crippen molar-refractivity contribution in [1.29, 1.82) is 0 Å². The molecule has 0 aromatic carbocycles. The van der Waals surface area contributed by atoms with Gasteiger partial charge in [-0.3, -0.25) is 5.10 Å². The van der Waals surface area contributed by atoms with E-state index >= 15 is 0 Å². The van der Waals surface area contributed by atoms with Gasteiger partial charge in [-0.2, -0.15) is 9.98 Å². The maximum absolute atomic E-state index is 8.54. The predicted molar refractivity (Wildman–Crippen MR) is 37.8 cm³/mol. The number of hydrogen-bond acceptors (Lipinski definition) is 4. The number of aromatic nitrogens is 3. The minimum Gasteiger partial charge on any atom is -0.388 e. The Hall–Kier alpha value is -1.63. The summed E-state index contributed by atoms with van der Waals surface area (Å²) in [6, 6.07) is 0. The van der Waals surface area contributed by atoms with Crippen molar-refractivity contribution < 1.29 is 5.11 Å². The average Bonchev–Trinajstić information content (AvgIpc) is 2.34. The van der Waals surface area contributed by atoms with Crippen molar-refractivity contribution in [3.63, 3.8) is 0 Å². The van der Waals surface area contributed by atoms with Gasteiger partial charge in [0.25, 0.3) is 5.95 Å². The molecule has 6 N–H and O–H groups in total. The molecule has 11 heavy (non-hydrogen) atoms. The highest BCUT2D eigenvalue weighted by atomic mass is 16.3. The molecule has 0 aliphatic carbocycles. The summed E-state index contributed by atoms with van der Waals surface area (Å²) < 4.78 is 0. The molecule has 0 atom stereocenters. The highest BCUT2D eigenvalue weighted by molar-refractivity contribution is 5.77. The average molecular weight is 156 g/mol. The topological polar surface area (TPSA) is 126 Å². The second-order valence-corrected chi connectivity index (χ2v) is 1.78. The lowest BCUT2D eigenvalue weighted by molar-refractivity contribution is 0.272. The highest BCUT2D eigenvalue weighted by Gasteiger charge is 1.98. The van der Waals surface area contributed by atoms with Crippen LogP contribution in [0, 0.1) is 0 Å². The summed E-state index contributed by atoms with van der Waals surface area (Å²) in [6.07, 6.45) is 0. The van der Waals surface area contributed by atoms with Gasteiger partial charge in [0.2, 0.25) is 0 Å². The predicted octanol–water partition coefficient (Wildman–Crippen LogP) is -1.80. The first-order valence-corrected chi connectivity index (χ1v) is 2.84. The quantitative estimate of drug-likeness (QED) is 0.297. The molecule has 0 saturated carbocycles. The molecule has 7 nitrogen and oxygen atoms in total. The molecule has 60 valence electrons. The van der Waals surface area contributed by atoms with Crippen molar-refractivity contribution in [2.45, 2.75) is 6.61 Å². The molecule has 1 aromatic heterocycles. The van der Waals surface area contributed by atoms with Gasteiger partial charge >= 0.3 is 0 Å². The monoisotopic (exact) mass is 156 g/mol. The van der Waals surface area contributed by atoms with E-state index in [1.54, 1.807) is 0 Å². The van der Waals surface area contributed by atoms with E-state index in [-0.39, 0.29) is 18.5 Å². The molecule has 1 heterocycles. The van der Waals surface area contributed by atoms with Crippen molar-refractivity contribution in [3.05, 3.63) is 5.82 Å². The van der Waals surface area contributed by atoms with Crippen LogP contribution in [0.2, 0.25) is 0 Å². The Labute approximate surface area is 62.1 Å². The second kappa shape index (κ2) is 2.97. The van der Waals surface area contributed by atoms with Gasteiger partial charge in [-0.25, -0.2) is 0 Å². The second-order valence-electron chi connectivity index (χ2n) is 1.78. The maximum Gasteiger partial charge on any atom is 0.271 e. The van der Waals surface area contributed by atoms with Crippen LogP contribution in [0.5, 0.6) is 0 Å². The SMILES string of the molecule is NC(N)=Nc1n[nH]c(CO)n1. The molecular formula is C4H8N6O. The van der Waals surface area contributed by atoms with E-state index in [1.807, 2.05) is 0 Å². The lowest BCUT2D eigenvalue weighted by atomic mass is 10.7. The van der Waals surface area contributed by atoms with Crippen LogP contribution < -0.4 is 11.5 Å². The van der Waals surface area contributed by atoms with Gasteiger partial charge in [0.1, 0.15) is 6.61 Å². The molecule has 1 aromatic rings. The van der Waals surface area contributed by atoms with Crippen molar-refractivity contribution >= 4 is 11.9 Å². The van der Waals surface area contributed by atoms with Crippen LogP contribution in [0.4, 0.5) is 5.95 Å². The van der Waals surface area contributed by atoms with Crippen molar-refractivity contribution in [3.8, 4) is 0 Å². The number of aliphatic hydroxyl groups is 1. The zero-order chi connectivity index (χ0) is 8.27. The normalized spacial score (nSPS) is 9.55. The molecule has 0 unspecified atom stereocenters. The summed E-state index contributed by atoms with van der Waals surface area (Å²) in [5.74, 6) is 0.326. The van der Waals surface area contributed by atoms with E-state index in [1.165, 1.54) is 0 Å². The lowest BCUT2D eigenvalue weighted by Gasteiger charge is -1.84. The Bertz CT molecular complexity index is 261. The smallest absolute Gasteiger partial charge is 0.271 e. The van der Waals surface area contributed by atoms with E-state index in [0.29, 0.717) is 5.82 Å². The Morgan fingerprint density at radius 2 is 2.36 bits per heavy atom. The van der Waals surface area contributed by atoms with Gasteiger partial charge < -0.3 is 16.6 Å². The molecule has 7 heteroatoms. The summed E-state index contributed by atoms with van der Waals surface area (Å²) in [6.45, 7) is -0.215. The molecular weight excluding hydrogens is 148 g/mol. The molecule has 0 radical (unpaired) electrons. The number of hydrogen-bond donors (Lipinski definition) is 4. The molecule has 0 aliphatic rings. The molecule has 0 spiro atoms. The molecule has 0 amide bonds. The van der Waals surface area contributed by atoms with Crippen LogP contribution in [0.3, 0.4) is 0 Å². The summed E-state index contributed by atoms with van der Waals surface area (Å²) in [4.78, 5) is 7.24. The third-order valence-corrected chi connectivity index (χ3v) is 0.899. The third-order valence-electron chi connectivity index (χ3n) is 0.899. The van der Waals surface area contributed by atoms with Crippen LogP contribution >= 0.6 is 0 Å². The molecule has 0 saturated heterocycles. The fraction of sp³-hybridized carbons (Fsp3) is 0.250. The molecule has 0 bridgehead atoms. The Balaban J connectivity index is 2.81. The number of nitrogens with two attached hydrogens (primary N) is 2. The minimum atomic E-state index is -0.215. The first-order valence-electron chi connectivity index (χ1n) is 2.84. The molecule has 1 rings (SSSR count). The van der Waals surface area contributed by atoms with Gasteiger partial charge in [-0.15, -0.1) is 5.10 Å². The first kappa shape index (κ1) is 7.48. The number of guanidine groups is 1. The largest absolute Gasteiger partial charge is 0.388 e. The third kappa shape index (κ3) is 1.90. The maximum atomic E-state index is 8.54. The van der Waals surface area contributed by atoms with Crippen molar-refractivity contribution in [2.75, 3.05) is 0 Å². The summed E-state index contributed by atoms with van der Waals surface area (Å²) >= 11 is 0. The lowest BCUT2D eigenvalue weighted by Crippen LogP contribution is -2.22. The van der Waals surface area contributed by atoms with Crippen molar-refractivity contribution in [2.24, 2.45) is 16.5 Å². The van der Waals surface area contributed by atoms with Gasteiger partial charge in [-0.05, 0) is 0 Å². The van der Waals surface area contributed by atoms with Crippen LogP contribution in [0.1, 0.15) is 5.82 Å². The van der Waals surface area contributed by atoms with Gasteiger partial charge in [0.05, 0.1) is 0 Å². The zero-order valence-electron chi connectivity index (χ0n) is 5.65. The number of aliphatic imine (C=N–C) groups is 1. The summed E-state index contributed by atoms with van der Waals surface area (Å²) in [5.41, 5.74) is 10.1. The number of rotatable bonds is 2. The fourth-order valence-corrected chi connectivity index (χ4v) is 0.521. The van der Waals surface area contributed by atoms with E-state index in [9.17, 15) is 0 Å². The van der Waals surface area contributed by atoms with Crippen LogP contribution in [-0.2, 0) is 6.61 Å². The number of aliphatic hydroxyl groups excluding tert-OH is 1. The minimum absolute atomic E-state index is 0.117. The summed E-state index contributed by atoms with van der Waals surface area (Å²) in [7, 11) is 0. The van der Waals surface area contributed by atoms with Crippen LogP contribution in [0.25, 0.3) is 0 Å². The van der Waals surface area contributed by atoms with E-state index < -0.39 is 0 Å². The van der Waals surface area contributed by atoms with Gasteiger partial charge in [0, 0.05) is 0 Å². The molecule has 0 aliphatic heterocycles. The Morgan fingerprint density at radius 3 is 2.82 bits per heavy atom. The molecule has 0 fully saturated rings. The number of H-pyrrole nitrogens is 1. The van der Waals surface area contributed by atoms with Crippen LogP contribution in [0.15, 0.2) is 4.99 Å².